The normalized spacial score (nSPS) is 10.5. The zero-order valence-electron chi connectivity index (χ0n) is 11.6. The number of nitrogens with one attached hydrogen (secondary N) is 1. The van der Waals surface area contributed by atoms with Crippen LogP contribution < -0.4 is 5.32 Å². The Bertz CT molecular complexity index is 814. The average molecular weight is 278 g/mol. The van der Waals surface area contributed by atoms with Gasteiger partial charge < -0.3 is 9.72 Å². The van der Waals surface area contributed by atoms with Crippen molar-refractivity contribution in [3.05, 3.63) is 53.9 Å². The van der Waals surface area contributed by atoms with Crippen molar-refractivity contribution in [3.8, 4) is 6.07 Å². The van der Waals surface area contributed by atoms with E-state index in [1.807, 2.05) is 41.9 Å². The summed E-state index contributed by atoms with van der Waals surface area (Å²) in [5.41, 5.74) is 3.43. The van der Waals surface area contributed by atoms with E-state index < -0.39 is 0 Å². The van der Waals surface area contributed by atoms with Crippen LogP contribution in [0.4, 0.5) is 5.82 Å². The summed E-state index contributed by atoms with van der Waals surface area (Å²) >= 11 is 0. The summed E-state index contributed by atoms with van der Waals surface area (Å²) in [6.45, 7) is 2.69. The minimum Gasteiger partial charge on any atom is -0.367 e. The minimum absolute atomic E-state index is 0.309. The fourth-order valence-electron chi connectivity index (χ4n) is 2.18. The second-order valence-electron chi connectivity index (χ2n) is 4.70. The average Bonchev–Trinajstić information content (AvgIpc) is 2.92. The summed E-state index contributed by atoms with van der Waals surface area (Å²) in [5, 5.41) is 12.1. The van der Waals surface area contributed by atoms with Crippen LogP contribution in [-0.4, -0.2) is 25.9 Å². The van der Waals surface area contributed by atoms with Crippen LogP contribution in [-0.2, 0) is 6.42 Å². The molecule has 0 amide bonds. The number of rotatable bonds is 4. The Kier molecular flexibility index (Phi) is 3.48. The molecule has 0 saturated heterocycles. The molecule has 0 unspecified atom stereocenters. The van der Waals surface area contributed by atoms with Crippen molar-refractivity contribution < 1.29 is 0 Å². The van der Waals surface area contributed by atoms with Gasteiger partial charge in [0.15, 0.2) is 11.5 Å². The first-order valence-electron chi connectivity index (χ1n) is 6.66. The number of hydrogen-bond donors (Lipinski definition) is 1. The molecule has 3 aromatic rings. The quantitative estimate of drug-likeness (QED) is 0.789. The van der Waals surface area contributed by atoms with Gasteiger partial charge in [-0.2, -0.15) is 5.26 Å². The Morgan fingerprint density at radius 2 is 2.19 bits per heavy atom. The van der Waals surface area contributed by atoms with E-state index in [0.717, 1.165) is 23.3 Å². The molecule has 3 aromatic heterocycles. The number of aryl methyl sites for hydroxylation is 1. The summed E-state index contributed by atoms with van der Waals surface area (Å²) in [4.78, 5) is 12.7. The summed E-state index contributed by atoms with van der Waals surface area (Å²) in [6.07, 6.45) is 7.84. The third-order valence-corrected chi connectivity index (χ3v) is 3.21. The lowest BCUT2D eigenvalue weighted by Gasteiger charge is -2.04. The first kappa shape index (κ1) is 13.1. The van der Waals surface area contributed by atoms with E-state index in [2.05, 4.69) is 20.3 Å². The van der Waals surface area contributed by atoms with Crippen molar-refractivity contribution in [2.45, 2.75) is 13.3 Å². The van der Waals surface area contributed by atoms with Gasteiger partial charge in [-0.3, -0.25) is 0 Å². The van der Waals surface area contributed by atoms with Gasteiger partial charge in [-0.25, -0.2) is 15.0 Å². The van der Waals surface area contributed by atoms with E-state index >= 15 is 0 Å². The SMILES string of the molecule is Cc1cccn2cc(CCNc3nccnc3C#N)nc12. The predicted molar refractivity (Wildman–Crippen MR) is 78.9 cm³/mol. The van der Waals surface area contributed by atoms with E-state index in [0.29, 0.717) is 18.1 Å². The van der Waals surface area contributed by atoms with Crippen LogP contribution in [0.15, 0.2) is 36.9 Å². The molecule has 0 aliphatic rings. The zero-order valence-corrected chi connectivity index (χ0v) is 11.6. The highest BCUT2D eigenvalue weighted by atomic mass is 15.0. The monoisotopic (exact) mass is 278 g/mol. The Labute approximate surface area is 122 Å². The molecule has 0 aliphatic carbocycles. The number of imidazole rings is 1. The second-order valence-corrected chi connectivity index (χ2v) is 4.70. The van der Waals surface area contributed by atoms with Gasteiger partial charge in [0.1, 0.15) is 11.7 Å². The van der Waals surface area contributed by atoms with E-state index in [1.54, 1.807) is 6.20 Å². The van der Waals surface area contributed by atoms with Crippen LogP contribution in [0.5, 0.6) is 0 Å². The summed E-state index contributed by atoms with van der Waals surface area (Å²) in [7, 11) is 0. The highest BCUT2D eigenvalue weighted by molar-refractivity contribution is 5.48. The van der Waals surface area contributed by atoms with Gasteiger partial charge >= 0.3 is 0 Å². The number of hydrogen-bond acceptors (Lipinski definition) is 5. The third kappa shape index (κ3) is 2.67. The summed E-state index contributed by atoms with van der Waals surface area (Å²) in [6, 6.07) is 6.07. The second kappa shape index (κ2) is 5.59. The lowest BCUT2D eigenvalue weighted by Crippen LogP contribution is -2.08. The zero-order chi connectivity index (χ0) is 14.7. The number of nitrogens with zero attached hydrogens (tertiary/aromatic N) is 5. The molecule has 1 N–H and O–H groups in total. The van der Waals surface area contributed by atoms with E-state index in [-0.39, 0.29) is 0 Å². The molecule has 0 atom stereocenters. The van der Waals surface area contributed by atoms with Crippen molar-refractivity contribution in [3.63, 3.8) is 0 Å². The van der Waals surface area contributed by atoms with Gasteiger partial charge in [0.05, 0.1) is 5.69 Å². The minimum atomic E-state index is 0.309. The van der Waals surface area contributed by atoms with Gasteiger partial charge in [0, 0.05) is 37.8 Å². The van der Waals surface area contributed by atoms with Gasteiger partial charge in [-0.15, -0.1) is 0 Å². The molecule has 0 spiro atoms. The Hall–Kier alpha value is -2.94. The highest BCUT2D eigenvalue weighted by Gasteiger charge is 2.06. The maximum Gasteiger partial charge on any atom is 0.182 e. The number of anilines is 1. The van der Waals surface area contributed by atoms with Crippen LogP contribution in [0.2, 0.25) is 0 Å². The lowest BCUT2D eigenvalue weighted by atomic mass is 10.3. The molecule has 0 radical (unpaired) electrons. The number of fused-ring (bicyclic) bond motifs is 1. The van der Waals surface area contributed by atoms with Gasteiger partial charge in [-0.05, 0) is 18.6 Å². The molecule has 0 fully saturated rings. The molecule has 0 saturated carbocycles. The fourth-order valence-corrected chi connectivity index (χ4v) is 2.18. The molecule has 0 aromatic carbocycles. The van der Waals surface area contributed by atoms with Crippen molar-refractivity contribution >= 4 is 11.5 Å². The van der Waals surface area contributed by atoms with Crippen molar-refractivity contribution in [1.29, 1.82) is 5.26 Å². The van der Waals surface area contributed by atoms with Crippen molar-refractivity contribution in [2.24, 2.45) is 0 Å². The van der Waals surface area contributed by atoms with E-state index in [4.69, 9.17) is 5.26 Å². The summed E-state index contributed by atoms with van der Waals surface area (Å²) < 4.78 is 2.02. The molecule has 104 valence electrons. The van der Waals surface area contributed by atoms with Gasteiger partial charge in [0.2, 0.25) is 0 Å². The third-order valence-electron chi connectivity index (χ3n) is 3.21. The number of nitriles is 1. The molecule has 6 nitrogen and oxygen atoms in total. The number of pyridine rings is 1. The van der Waals surface area contributed by atoms with Crippen LogP contribution in [0.1, 0.15) is 17.0 Å². The number of aromatic nitrogens is 4. The Balaban J connectivity index is 1.70. The van der Waals surface area contributed by atoms with E-state index in [1.165, 1.54) is 6.20 Å². The van der Waals surface area contributed by atoms with E-state index in [9.17, 15) is 0 Å². The topological polar surface area (TPSA) is 78.9 Å². The molecule has 0 aliphatic heterocycles. The standard InChI is InChI=1S/C15H14N6/c1-11-3-2-8-21-10-12(20-15(11)21)4-5-18-14-13(9-16)17-6-7-19-14/h2-3,6-8,10H,4-5H2,1H3,(H,18,19). The molecule has 3 heterocycles. The van der Waals surface area contributed by atoms with Gasteiger partial charge in [0.25, 0.3) is 0 Å². The Morgan fingerprint density at radius 3 is 3.00 bits per heavy atom. The molecule has 21 heavy (non-hydrogen) atoms. The van der Waals surface area contributed by atoms with Crippen molar-refractivity contribution in [2.75, 3.05) is 11.9 Å². The summed E-state index contributed by atoms with van der Waals surface area (Å²) in [5.74, 6) is 0.514. The maximum absolute atomic E-state index is 8.95. The van der Waals surface area contributed by atoms with Crippen LogP contribution >= 0.6 is 0 Å². The predicted octanol–water partition coefficient (Wildman–Crippen LogP) is 1.96. The van der Waals surface area contributed by atoms with Crippen molar-refractivity contribution in [1.82, 2.24) is 19.4 Å². The molecule has 6 heteroatoms. The fraction of sp³-hybridized carbons (Fsp3) is 0.200. The molecular formula is C15H14N6. The largest absolute Gasteiger partial charge is 0.367 e. The smallest absolute Gasteiger partial charge is 0.182 e. The highest BCUT2D eigenvalue weighted by Crippen LogP contribution is 2.11. The molecule has 0 bridgehead atoms. The van der Waals surface area contributed by atoms with Crippen LogP contribution in [0, 0.1) is 18.3 Å². The first-order chi connectivity index (χ1) is 10.3. The van der Waals surface area contributed by atoms with Crippen LogP contribution in [0.3, 0.4) is 0 Å². The first-order valence-corrected chi connectivity index (χ1v) is 6.66. The van der Waals surface area contributed by atoms with Gasteiger partial charge in [-0.1, -0.05) is 6.07 Å². The molecular weight excluding hydrogens is 264 g/mol. The maximum atomic E-state index is 8.95. The van der Waals surface area contributed by atoms with Crippen LogP contribution in [0.25, 0.3) is 5.65 Å². The molecule has 3 rings (SSSR count). The lowest BCUT2D eigenvalue weighted by molar-refractivity contribution is 0.963. The Morgan fingerprint density at radius 1 is 1.33 bits per heavy atom.